The summed E-state index contributed by atoms with van der Waals surface area (Å²) in [6, 6.07) is 0.405. The summed E-state index contributed by atoms with van der Waals surface area (Å²) in [7, 11) is 0. The van der Waals surface area contributed by atoms with Crippen LogP contribution in [-0.2, 0) is 4.74 Å². The van der Waals surface area contributed by atoms with Crippen LogP contribution in [0.25, 0.3) is 0 Å². The summed E-state index contributed by atoms with van der Waals surface area (Å²) in [5, 5.41) is 12.0. The van der Waals surface area contributed by atoms with Crippen molar-refractivity contribution in [2.24, 2.45) is 0 Å². The molecule has 3 nitrogen and oxygen atoms in total. The highest BCUT2D eigenvalue weighted by molar-refractivity contribution is 4.77. The van der Waals surface area contributed by atoms with Crippen LogP contribution in [0, 0.1) is 0 Å². The minimum absolute atomic E-state index is 0.00815. The van der Waals surface area contributed by atoms with Crippen molar-refractivity contribution >= 4 is 0 Å². The van der Waals surface area contributed by atoms with Crippen LogP contribution in [0.1, 0.15) is 13.8 Å². The molecule has 0 aromatic heterocycles. The van der Waals surface area contributed by atoms with Gasteiger partial charge >= 0.3 is 0 Å². The molecule has 1 fully saturated rings. The van der Waals surface area contributed by atoms with Crippen LogP contribution in [-0.4, -0.2) is 36.5 Å². The van der Waals surface area contributed by atoms with Crippen LogP contribution >= 0.6 is 0 Å². The molecular weight excluding hydrogens is 130 g/mol. The maximum atomic E-state index is 8.73. The van der Waals surface area contributed by atoms with E-state index in [2.05, 4.69) is 12.2 Å². The zero-order valence-corrected chi connectivity index (χ0v) is 6.50. The lowest BCUT2D eigenvalue weighted by Crippen LogP contribution is -2.50. The molecule has 0 bridgehead atoms. The number of aliphatic hydroxyl groups excluding tert-OH is 1. The smallest absolute Gasteiger partial charge is 0.0934 e. The minimum Gasteiger partial charge on any atom is -0.394 e. The molecule has 1 aliphatic rings. The Labute approximate surface area is 61.4 Å². The first-order valence-electron chi connectivity index (χ1n) is 3.73. The first-order chi connectivity index (χ1) is 4.74. The molecular formula is C7H15NO2. The first kappa shape index (κ1) is 7.98. The van der Waals surface area contributed by atoms with Crippen LogP contribution in [0.15, 0.2) is 0 Å². The van der Waals surface area contributed by atoms with Crippen LogP contribution in [0.5, 0.6) is 0 Å². The van der Waals surface area contributed by atoms with Crippen LogP contribution in [0.2, 0.25) is 0 Å². The Hall–Kier alpha value is -0.120. The molecule has 1 rings (SSSR count). The molecule has 2 N–H and O–H groups in total. The highest BCUT2D eigenvalue weighted by Gasteiger charge is 2.23. The van der Waals surface area contributed by atoms with Gasteiger partial charge in [-0.3, -0.25) is 0 Å². The number of nitrogens with one attached hydrogen (secondary N) is 1. The minimum atomic E-state index is -0.00815. The van der Waals surface area contributed by atoms with Gasteiger partial charge in [0.05, 0.1) is 18.8 Å². The molecule has 0 aliphatic carbocycles. The summed E-state index contributed by atoms with van der Waals surface area (Å²) in [4.78, 5) is 0. The zero-order valence-electron chi connectivity index (χ0n) is 6.50. The number of aliphatic hydroxyl groups is 1. The third kappa shape index (κ3) is 1.68. The lowest BCUT2D eigenvalue weighted by atomic mass is 10.1. The van der Waals surface area contributed by atoms with Gasteiger partial charge in [0, 0.05) is 12.6 Å². The normalized spacial score (nSPS) is 41.7. The maximum Gasteiger partial charge on any atom is 0.0934 e. The fraction of sp³-hybridized carbons (Fsp3) is 1.00. The topological polar surface area (TPSA) is 41.5 Å². The van der Waals surface area contributed by atoms with Gasteiger partial charge in [-0.15, -0.1) is 0 Å². The van der Waals surface area contributed by atoms with Crippen molar-refractivity contribution in [1.82, 2.24) is 5.32 Å². The van der Waals surface area contributed by atoms with Gasteiger partial charge < -0.3 is 15.2 Å². The fourth-order valence-corrected chi connectivity index (χ4v) is 1.06. The second kappa shape index (κ2) is 3.32. The number of rotatable bonds is 1. The van der Waals surface area contributed by atoms with Gasteiger partial charge in [0.25, 0.3) is 0 Å². The van der Waals surface area contributed by atoms with Gasteiger partial charge in [-0.2, -0.15) is 0 Å². The molecule has 60 valence electrons. The quantitative estimate of drug-likeness (QED) is 0.534. The maximum absolute atomic E-state index is 8.73. The van der Waals surface area contributed by atoms with E-state index in [4.69, 9.17) is 9.84 Å². The lowest BCUT2D eigenvalue weighted by molar-refractivity contribution is -0.0704. The van der Waals surface area contributed by atoms with Gasteiger partial charge in [-0.25, -0.2) is 0 Å². The predicted molar refractivity (Wildman–Crippen MR) is 38.9 cm³/mol. The molecule has 0 aromatic rings. The summed E-state index contributed by atoms with van der Waals surface area (Å²) in [5.41, 5.74) is 0. The second-order valence-electron chi connectivity index (χ2n) is 2.84. The molecule has 0 radical (unpaired) electrons. The lowest BCUT2D eigenvalue weighted by Gasteiger charge is -2.32. The molecule has 0 aromatic carbocycles. The highest BCUT2D eigenvalue weighted by Crippen LogP contribution is 2.07. The van der Waals surface area contributed by atoms with Crippen molar-refractivity contribution in [1.29, 1.82) is 0 Å². The van der Waals surface area contributed by atoms with E-state index in [9.17, 15) is 0 Å². The van der Waals surface area contributed by atoms with Crippen molar-refractivity contribution < 1.29 is 9.84 Å². The molecule has 10 heavy (non-hydrogen) atoms. The van der Waals surface area contributed by atoms with Gasteiger partial charge in [-0.05, 0) is 13.8 Å². The third-order valence-corrected chi connectivity index (χ3v) is 1.98. The number of ether oxygens (including phenoxy) is 1. The van der Waals surface area contributed by atoms with Crippen molar-refractivity contribution in [3.8, 4) is 0 Å². The molecule has 0 unspecified atom stereocenters. The third-order valence-electron chi connectivity index (χ3n) is 1.98. The Morgan fingerprint density at radius 2 is 2.30 bits per heavy atom. The highest BCUT2D eigenvalue weighted by atomic mass is 16.5. The molecule has 1 aliphatic heterocycles. The Morgan fingerprint density at radius 1 is 1.60 bits per heavy atom. The van der Waals surface area contributed by atoms with Crippen molar-refractivity contribution in [2.45, 2.75) is 32.1 Å². The Bertz CT molecular complexity index is 108. The van der Waals surface area contributed by atoms with E-state index in [0.717, 1.165) is 6.54 Å². The van der Waals surface area contributed by atoms with E-state index >= 15 is 0 Å². The van der Waals surface area contributed by atoms with E-state index in [1.54, 1.807) is 0 Å². The SMILES string of the molecule is C[C@@H]1O[C@H](CO)CN[C@@H]1C. The van der Waals surface area contributed by atoms with Crippen molar-refractivity contribution in [2.75, 3.05) is 13.2 Å². The standard InChI is InChI=1S/C7H15NO2/c1-5-6(2)10-7(4-9)3-8-5/h5-9H,3-4H2,1-2H3/t5-,6+,7+/m1/s1. The summed E-state index contributed by atoms with van der Waals surface area (Å²) >= 11 is 0. The first-order valence-corrected chi connectivity index (χ1v) is 3.73. The fourth-order valence-electron chi connectivity index (χ4n) is 1.06. The van der Waals surface area contributed by atoms with E-state index in [1.165, 1.54) is 0 Å². The molecule has 1 saturated heterocycles. The van der Waals surface area contributed by atoms with E-state index in [1.807, 2.05) is 6.92 Å². The monoisotopic (exact) mass is 145 g/mol. The number of hydrogen-bond acceptors (Lipinski definition) is 3. The molecule has 0 spiro atoms. The zero-order chi connectivity index (χ0) is 7.56. The van der Waals surface area contributed by atoms with Gasteiger partial charge in [0.2, 0.25) is 0 Å². The van der Waals surface area contributed by atoms with Gasteiger partial charge in [0.15, 0.2) is 0 Å². The van der Waals surface area contributed by atoms with Gasteiger partial charge in [0.1, 0.15) is 0 Å². The Kier molecular flexibility index (Phi) is 2.65. The number of morpholine rings is 1. The summed E-state index contributed by atoms with van der Waals surface area (Å²) in [6.07, 6.45) is 0.206. The molecule has 3 atom stereocenters. The van der Waals surface area contributed by atoms with E-state index in [0.29, 0.717) is 6.04 Å². The largest absolute Gasteiger partial charge is 0.394 e. The Morgan fingerprint density at radius 3 is 2.80 bits per heavy atom. The Balaban J connectivity index is 2.33. The van der Waals surface area contributed by atoms with E-state index < -0.39 is 0 Å². The van der Waals surface area contributed by atoms with Gasteiger partial charge in [-0.1, -0.05) is 0 Å². The summed E-state index contributed by atoms with van der Waals surface area (Å²) in [5.74, 6) is 0. The van der Waals surface area contributed by atoms with Crippen LogP contribution < -0.4 is 5.32 Å². The predicted octanol–water partition coefficient (Wildman–Crippen LogP) is -0.256. The van der Waals surface area contributed by atoms with E-state index in [-0.39, 0.29) is 18.8 Å². The molecule has 3 heteroatoms. The van der Waals surface area contributed by atoms with Crippen LogP contribution in [0.4, 0.5) is 0 Å². The average Bonchev–Trinajstić information content (AvgIpc) is 1.95. The molecule has 0 saturated carbocycles. The number of hydrogen-bond donors (Lipinski definition) is 2. The summed E-state index contributed by atoms with van der Waals surface area (Å²) in [6.45, 7) is 4.98. The van der Waals surface area contributed by atoms with Crippen molar-refractivity contribution in [3.63, 3.8) is 0 Å². The molecule has 1 heterocycles. The summed E-state index contributed by atoms with van der Waals surface area (Å²) < 4.78 is 5.44. The average molecular weight is 145 g/mol. The van der Waals surface area contributed by atoms with Crippen LogP contribution in [0.3, 0.4) is 0 Å². The second-order valence-corrected chi connectivity index (χ2v) is 2.84. The molecule has 0 amide bonds. The van der Waals surface area contributed by atoms with Crippen molar-refractivity contribution in [3.05, 3.63) is 0 Å².